The predicted molar refractivity (Wildman–Crippen MR) is 91.1 cm³/mol. The third-order valence-corrected chi connectivity index (χ3v) is 3.41. The van der Waals surface area contributed by atoms with Crippen LogP contribution in [0, 0.1) is 10.1 Å². The Morgan fingerprint density at radius 2 is 2.00 bits per heavy atom. The molecule has 25 heavy (non-hydrogen) atoms. The van der Waals surface area contributed by atoms with E-state index in [1.54, 1.807) is 43.9 Å². The molecule has 9 nitrogen and oxygen atoms in total. The maximum absolute atomic E-state index is 12.3. The van der Waals surface area contributed by atoms with Gasteiger partial charge in [-0.2, -0.15) is 0 Å². The summed E-state index contributed by atoms with van der Waals surface area (Å²) >= 11 is 0. The summed E-state index contributed by atoms with van der Waals surface area (Å²) in [4.78, 5) is 33.9. The minimum Gasteiger partial charge on any atom is -0.463 e. The maximum atomic E-state index is 12.3. The summed E-state index contributed by atoms with van der Waals surface area (Å²) in [6, 6.07) is 2.88. The van der Waals surface area contributed by atoms with E-state index in [-0.39, 0.29) is 11.4 Å². The van der Waals surface area contributed by atoms with Gasteiger partial charge >= 0.3 is 5.97 Å². The van der Waals surface area contributed by atoms with E-state index >= 15 is 0 Å². The first-order chi connectivity index (χ1) is 11.8. The molecule has 2 aromatic heterocycles. The maximum Gasteiger partial charge on any atom is 0.330 e. The van der Waals surface area contributed by atoms with Crippen molar-refractivity contribution in [1.82, 2.24) is 9.13 Å². The first kappa shape index (κ1) is 18.0. The van der Waals surface area contributed by atoms with Crippen LogP contribution >= 0.6 is 0 Å². The number of carbonyl (C=O) groups excluding carboxylic acids is 2. The number of amides is 1. The van der Waals surface area contributed by atoms with Crippen LogP contribution in [-0.2, 0) is 23.6 Å². The number of nitro groups is 1. The molecule has 0 aliphatic heterocycles. The lowest BCUT2D eigenvalue weighted by Gasteiger charge is -2.02. The van der Waals surface area contributed by atoms with Gasteiger partial charge in [0.05, 0.1) is 23.4 Å². The fourth-order valence-corrected chi connectivity index (χ4v) is 2.23. The van der Waals surface area contributed by atoms with E-state index in [2.05, 4.69) is 5.32 Å². The average molecular weight is 346 g/mol. The summed E-state index contributed by atoms with van der Waals surface area (Å²) in [6.45, 7) is 2.01. The Balaban J connectivity index is 2.13. The van der Waals surface area contributed by atoms with Crippen molar-refractivity contribution in [3.05, 3.63) is 52.1 Å². The minimum absolute atomic E-state index is 0.154. The zero-order valence-corrected chi connectivity index (χ0v) is 14.1. The monoisotopic (exact) mass is 346 g/mol. The summed E-state index contributed by atoms with van der Waals surface area (Å²) in [5.41, 5.74) is 1.19. The molecule has 0 aliphatic rings. The molecule has 0 fully saturated rings. The van der Waals surface area contributed by atoms with Crippen LogP contribution in [-0.4, -0.2) is 32.5 Å². The molecular weight excluding hydrogens is 328 g/mol. The molecule has 0 saturated carbocycles. The van der Waals surface area contributed by atoms with Gasteiger partial charge in [0.15, 0.2) is 0 Å². The van der Waals surface area contributed by atoms with Gasteiger partial charge in [-0.3, -0.25) is 14.9 Å². The predicted octanol–water partition coefficient (Wildman–Crippen LogP) is 2.10. The normalized spacial score (nSPS) is 10.8. The van der Waals surface area contributed by atoms with Gasteiger partial charge in [0.25, 0.3) is 11.6 Å². The highest BCUT2D eigenvalue weighted by molar-refractivity contribution is 6.03. The number of carbonyl (C=O) groups is 2. The van der Waals surface area contributed by atoms with Crippen LogP contribution in [0.1, 0.15) is 23.1 Å². The number of anilines is 1. The van der Waals surface area contributed by atoms with Gasteiger partial charge in [0.1, 0.15) is 5.69 Å². The van der Waals surface area contributed by atoms with E-state index in [1.807, 2.05) is 0 Å². The van der Waals surface area contributed by atoms with Crippen molar-refractivity contribution in [2.75, 3.05) is 11.9 Å². The van der Waals surface area contributed by atoms with Crippen molar-refractivity contribution < 1.29 is 19.2 Å². The molecule has 0 aliphatic carbocycles. The average Bonchev–Trinajstić information content (AvgIpc) is 3.08. The lowest BCUT2D eigenvalue weighted by atomic mass is 10.3. The fourth-order valence-electron chi connectivity index (χ4n) is 2.23. The third kappa shape index (κ3) is 4.34. The molecule has 0 atom stereocenters. The van der Waals surface area contributed by atoms with Crippen LogP contribution in [0.2, 0.25) is 0 Å². The topological polar surface area (TPSA) is 108 Å². The van der Waals surface area contributed by atoms with E-state index < -0.39 is 16.8 Å². The van der Waals surface area contributed by atoms with Crippen LogP contribution in [0.25, 0.3) is 6.08 Å². The molecule has 0 radical (unpaired) electrons. The fraction of sp³-hybridized carbons (Fsp3) is 0.250. The minimum atomic E-state index is -0.558. The summed E-state index contributed by atoms with van der Waals surface area (Å²) in [6.07, 6.45) is 5.81. The number of hydrogen-bond acceptors (Lipinski definition) is 5. The van der Waals surface area contributed by atoms with Crippen molar-refractivity contribution >= 4 is 29.3 Å². The second-order valence-corrected chi connectivity index (χ2v) is 5.26. The van der Waals surface area contributed by atoms with Crippen molar-refractivity contribution in [3.8, 4) is 0 Å². The molecular formula is C16H18N4O5. The zero-order chi connectivity index (χ0) is 18.6. The van der Waals surface area contributed by atoms with Gasteiger partial charge in [-0.25, -0.2) is 4.79 Å². The van der Waals surface area contributed by atoms with Crippen LogP contribution < -0.4 is 5.32 Å². The van der Waals surface area contributed by atoms with E-state index in [4.69, 9.17) is 4.74 Å². The highest BCUT2D eigenvalue weighted by Crippen LogP contribution is 2.19. The Hall–Kier alpha value is -3.36. The third-order valence-electron chi connectivity index (χ3n) is 3.41. The molecule has 2 rings (SSSR count). The van der Waals surface area contributed by atoms with Crippen LogP contribution in [0.5, 0.6) is 0 Å². The van der Waals surface area contributed by atoms with Crippen LogP contribution in [0.3, 0.4) is 0 Å². The van der Waals surface area contributed by atoms with Gasteiger partial charge in [-0.1, -0.05) is 0 Å². The number of hydrogen-bond donors (Lipinski definition) is 1. The summed E-state index contributed by atoms with van der Waals surface area (Å²) in [5, 5.41) is 13.5. The van der Waals surface area contributed by atoms with E-state index in [0.717, 1.165) is 0 Å². The number of esters is 1. The molecule has 0 unspecified atom stereocenters. The van der Waals surface area contributed by atoms with Crippen molar-refractivity contribution in [3.63, 3.8) is 0 Å². The molecule has 2 aromatic rings. The second-order valence-electron chi connectivity index (χ2n) is 5.26. The lowest BCUT2D eigenvalue weighted by molar-refractivity contribution is -0.384. The molecule has 2 heterocycles. The number of ether oxygens (including phenoxy) is 1. The van der Waals surface area contributed by atoms with Gasteiger partial charge in [-0.05, 0) is 19.1 Å². The van der Waals surface area contributed by atoms with E-state index in [0.29, 0.717) is 18.0 Å². The van der Waals surface area contributed by atoms with Gasteiger partial charge in [-0.15, -0.1) is 0 Å². The first-order valence-corrected chi connectivity index (χ1v) is 7.45. The Kier molecular flexibility index (Phi) is 5.38. The summed E-state index contributed by atoms with van der Waals surface area (Å²) in [5.74, 6) is -0.924. The SMILES string of the molecule is CCOC(=O)/C=C/c1cc(NC(=O)c2cc([N+](=O)[O-])cn2C)cn1C. The van der Waals surface area contributed by atoms with Crippen LogP contribution in [0.4, 0.5) is 11.4 Å². The van der Waals surface area contributed by atoms with E-state index in [9.17, 15) is 19.7 Å². The Labute approximate surface area is 143 Å². The molecule has 0 bridgehead atoms. The number of aryl methyl sites for hydroxylation is 2. The Bertz CT molecular complexity index is 847. The highest BCUT2D eigenvalue weighted by atomic mass is 16.6. The van der Waals surface area contributed by atoms with Crippen molar-refractivity contribution in [2.45, 2.75) is 6.92 Å². The molecule has 1 N–H and O–H groups in total. The lowest BCUT2D eigenvalue weighted by Crippen LogP contribution is -2.14. The van der Waals surface area contributed by atoms with Crippen molar-refractivity contribution in [2.24, 2.45) is 14.1 Å². The molecule has 0 saturated heterocycles. The molecule has 132 valence electrons. The van der Waals surface area contributed by atoms with Crippen molar-refractivity contribution in [1.29, 1.82) is 0 Å². The number of aromatic nitrogens is 2. The number of rotatable bonds is 6. The highest BCUT2D eigenvalue weighted by Gasteiger charge is 2.18. The standard InChI is InChI=1S/C16H18N4O5/c1-4-25-15(21)6-5-12-7-11(9-18(12)2)17-16(22)14-8-13(20(23)24)10-19(14)3/h5-10H,4H2,1-3H3,(H,17,22)/b6-5+. The molecule has 0 aromatic carbocycles. The van der Waals surface area contributed by atoms with Crippen LogP contribution in [0.15, 0.2) is 30.6 Å². The largest absolute Gasteiger partial charge is 0.463 e. The molecule has 9 heteroatoms. The Morgan fingerprint density at radius 1 is 1.28 bits per heavy atom. The van der Waals surface area contributed by atoms with E-state index in [1.165, 1.54) is 22.9 Å². The number of nitrogens with one attached hydrogen (secondary N) is 1. The van der Waals surface area contributed by atoms with Gasteiger partial charge in [0.2, 0.25) is 0 Å². The second kappa shape index (κ2) is 7.47. The van der Waals surface area contributed by atoms with Gasteiger partial charge < -0.3 is 19.2 Å². The quantitative estimate of drug-likeness (QED) is 0.373. The summed E-state index contributed by atoms with van der Waals surface area (Å²) < 4.78 is 7.91. The number of nitrogens with zero attached hydrogens (tertiary/aromatic N) is 3. The van der Waals surface area contributed by atoms with Gasteiger partial charge in [0, 0.05) is 38.1 Å². The molecule has 0 spiro atoms. The summed E-state index contributed by atoms with van der Waals surface area (Å²) in [7, 11) is 3.31. The first-order valence-electron chi connectivity index (χ1n) is 7.45. The Morgan fingerprint density at radius 3 is 2.60 bits per heavy atom. The molecule has 1 amide bonds. The zero-order valence-electron chi connectivity index (χ0n) is 14.1. The smallest absolute Gasteiger partial charge is 0.330 e.